The Bertz CT molecular complexity index is 636. The Morgan fingerprint density at radius 2 is 1.76 bits per heavy atom. The fourth-order valence-electron chi connectivity index (χ4n) is 2.33. The first kappa shape index (κ1) is 18.8. The first-order valence-corrected chi connectivity index (χ1v) is 7.97. The number of methoxy groups -OCH3 is 2. The smallest absolute Gasteiger partial charge is 0.410 e. The van der Waals surface area contributed by atoms with Crippen molar-refractivity contribution in [3.63, 3.8) is 0 Å². The van der Waals surface area contributed by atoms with E-state index >= 15 is 0 Å². The molecule has 1 fully saturated rings. The number of hydrogen-bond acceptors (Lipinski definition) is 8. The predicted octanol–water partition coefficient (Wildman–Crippen LogP) is 1.33. The summed E-state index contributed by atoms with van der Waals surface area (Å²) in [5.74, 6) is 0.0397. The van der Waals surface area contributed by atoms with Gasteiger partial charge in [0.05, 0.1) is 20.4 Å². The minimum Gasteiger partial charge on any atom is -0.480 e. The Balaban J connectivity index is 2.03. The maximum absolute atomic E-state index is 12.1. The highest BCUT2D eigenvalue weighted by Gasteiger charge is 2.27. The molecule has 0 spiro atoms. The Morgan fingerprint density at radius 1 is 1.12 bits per heavy atom. The van der Waals surface area contributed by atoms with Gasteiger partial charge in [-0.05, 0) is 20.8 Å². The fraction of sp³-hybridized carbons (Fsp3) is 0.625. The zero-order chi connectivity index (χ0) is 18.6. The summed E-state index contributed by atoms with van der Waals surface area (Å²) >= 11 is 0. The van der Waals surface area contributed by atoms with E-state index in [1.165, 1.54) is 20.4 Å². The van der Waals surface area contributed by atoms with E-state index in [-0.39, 0.29) is 17.5 Å². The summed E-state index contributed by atoms with van der Waals surface area (Å²) in [7, 11) is 2.71. The third kappa shape index (κ3) is 4.71. The van der Waals surface area contributed by atoms with Crippen molar-refractivity contribution in [1.29, 1.82) is 0 Å². The molecule has 1 aromatic heterocycles. The topological polar surface area (TPSA) is 94.1 Å². The lowest BCUT2D eigenvalue weighted by Crippen LogP contribution is -2.50. The number of carbonyl (C=O) groups is 2. The molecule has 1 aromatic rings. The largest absolute Gasteiger partial charge is 0.480 e. The molecule has 9 heteroatoms. The van der Waals surface area contributed by atoms with Gasteiger partial charge < -0.3 is 24.0 Å². The molecule has 0 aromatic carbocycles. The van der Waals surface area contributed by atoms with Crippen LogP contribution in [0.15, 0.2) is 6.20 Å². The zero-order valence-corrected chi connectivity index (χ0v) is 15.2. The quantitative estimate of drug-likeness (QED) is 0.752. The van der Waals surface area contributed by atoms with Gasteiger partial charge in [0.2, 0.25) is 11.8 Å². The van der Waals surface area contributed by atoms with Crippen LogP contribution in [0.25, 0.3) is 0 Å². The van der Waals surface area contributed by atoms with Gasteiger partial charge in [-0.25, -0.2) is 14.6 Å². The van der Waals surface area contributed by atoms with Crippen LogP contribution in [0.2, 0.25) is 0 Å². The number of nitrogens with zero attached hydrogens (tertiary/aromatic N) is 4. The molecule has 0 bridgehead atoms. The van der Waals surface area contributed by atoms with Gasteiger partial charge in [-0.3, -0.25) is 0 Å². The molecule has 1 saturated heterocycles. The number of rotatable bonds is 3. The number of ether oxygens (including phenoxy) is 3. The van der Waals surface area contributed by atoms with Crippen LogP contribution in [0, 0.1) is 0 Å². The lowest BCUT2D eigenvalue weighted by atomic mass is 10.2. The van der Waals surface area contributed by atoms with Crippen molar-refractivity contribution in [2.24, 2.45) is 0 Å². The van der Waals surface area contributed by atoms with Crippen LogP contribution in [0.4, 0.5) is 10.7 Å². The monoisotopic (exact) mass is 352 g/mol. The van der Waals surface area contributed by atoms with E-state index in [4.69, 9.17) is 9.47 Å². The molecular formula is C16H24N4O5. The molecule has 0 aliphatic carbocycles. The van der Waals surface area contributed by atoms with E-state index in [0.717, 1.165) is 0 Å². The number of carbonyl (C=O) groups excluding carboxylic acids is 2. The highest BCUT2D eigenvalue weighted by atomic mass is 16.6. The number of piperazine rings is 1. The summed E-state index contributed by atoms with van der Waals surface area (Å²) in [6.45, 7) is 7.62. The number of esters is 1. The van der Waals surface area contributed by atoms with E-state index in [2.05, 4.69) is 14.7 Å². The van der Waals surface area contributed by atoms with Crippen LogP contribution in [0.5, 0.6) is 5.88 Å². The molecule has 1 aliphatic rings. The van der Waals surface area contributed by atoms with Gasteiger partial charge in [0.1, 0.15) is 11.2 Å². The maximum Gasteiger partial charge on any atom is 0.410 e. The molecule has 0 atom stereocenters. The molecule has 25 heavy (non-hydrogen) atoms. The minimum absolute atomic E-state index is 0.159. The number of anilines is 1. The highest BCUT2D eigenvalue weighted by molar-refractivity contribution is 5.91. The van der Waals surface area contributed by atoms with Crippen LogP contribution in [-0.4, -0.2) is 72.9 Å². The summed E-state index contributed by atoms with van der Waals surface area (Å²) in [4.78, 5) is 35.8. The van der Waals surface area contributed by atoms with Crippen LogP contribution >= 0.6 is 0 Å². The van der Waals surface area contributed by atoms with Gasteiger partial charge in [0.15, 0.2) is 0 Å². The second-order valence-electron chi connectivity index (χ2n) is 6.54. The normalized spacial score (nSPS) is 14.9. The average Bonchev–Trinajstić information content (AvgIpc) is 2.59. The third-order valence-corrected chi connectivity index (χ3v) is 3.55. The van der Waals surface area contributed by atoms with Gasteiger partial charge in [-0.2, -0.15) is 4.98 Å². The number of hydrogen-bond donors (Lipinski definition) is 0. The Labute approximate surface area is 146 Å². The van der Waals surface area contributed by atoms with E-state index in [0.29, 0.717) is 32.1 Å². The van der Waals surface area contributed by atoms with Crippen molar-refractivity contribution in [1.82, 2.24) is 14.9 Å². The molecule has 0 radical (unpaired) electrons. The van der Waals surface area contributed by atoms with Crippen LogP contribution < -0.4 is 9.64 Å². The Kier molecular flexibility index (Phi) is 5.66. The van der Waals surface area contributed by atoms with E-state index in [9.17, 15) is 9.59 Å². The van der Waals surface area contributed by atoms with Crippen molar-refractivity contribution < 1.29 is 23.8 Å². The standard InChI is InChI=1S/C16H24N4O5/c1-16(2,3)25-15(22)20-8-6-19(7-9-20)14-17-10-11(13(21)24-5)12(18-14)23-4/h10H,6-9H2,1-5H3. The summed E-state index contributed by atoms with van der Waals surface area (Å²) in [6, 6.07) is 0. The molecule has 0 unspecified atom stereocenters. The summed E-state index contributed by atoms with van der Waals surface area (Å²) in [5, 5.41) is 0. The maximum atomic E-state index is 12.1. The Morgan fingerprint density at radius 3 is 2.28 bits per heavy atom. The van der Waals surface area contributed by atoms with Gasteiger partial charge in [-0.15, -0.1) is 0 Å². The second-order valence-corrected chi connectivity index (χ2v) is 6.54. The summed E-state index contributed by atoms with van der Waals surface area (Å²) in [5.41, 5.74) is -0.352. The molecule has 1 amide bonds. The minimum atomic E-state index is -0.557. The van der Waals surface area contributed by atoms with Crippen molar-refractivity contribution >= 4 is 18.0 Å². The van der Waals surface area contributed by atoms with Gasteiger partial charge in [0, 0.05) is 26.2 Å². The van der Waals surface area contributed by atoms with E-state index < -0.39 is 11.6 Å². The van der Waals surface area contributed by atoms with Gasteiger partial charge >= 0.3 is 12.1 Å². The molecule has 0 saturated carbocycles. The van der Waals surface area contributed by atoms with E-state index in [1.807, 2.05) is 25.7 Å². The average molecular weight is 352 g/mol. The zero-order valence-electron chi connectivity index (χ0n) is 15.2. The van der Waals surface area contributed by atoms with Crippen LogP contribution in [0.3, 0.4) is 0 Å². The molecule has 2 rings (SSSR count). The summed E-state index contributed by atoms with van der Waals surface area (Å²) < 4.78 is 15.2. The molecule has 2 heterocycles. The molecule has 0 N–H and O–H groups in total. The lowest BCUT2D eigenvalue weighted by molar-refractivity contribution is 0.0239. The fourth-order valence-corrected chi connectivity index (χ4v) is 2.33. The third-order valence-electron chi connectivity index (χ3n) is 3.55. The molecule has 9 nitrogen and oxygen atoms in total. The predicted molar refractivity (Wildman–Crippen MR) is 89.9 cm³/mol. The summed E-state index contributed by atoms with van der Waals surface area (Å²) in [6.07, 6.45) is 1.06. The first-order valence-electron chi connectivity index (χ1n) is 7.97. The van der Waals surface area contributed by atoms with Gasteiger partial charge in [0.25, 0.3) is 0 Å². The highest BCUT2D eigenvalue weighted by Crippen LogP contribution is 2.20. The number of aromatic nitrogens is 2. The van der Waals surface area contributed by atoms with Crippen molar-refractivity contribution in [2.45, 2.75) is 26.4 Å². The van der Waals surface area contributed by atoms with Crippen LogP contribution in [-0.2, 0) is 9.47 Å². The van der Waals surface area contributed by atoms with Crippen LogP contribution in [0.1, 0.15) is 31.1 Å². The second kappa shape index (κ2) is 7.54. The lowest BCUT2D eigenvalue weighted by Gasteiger charge is -2.35. The molecule has 1 aliphatic heterocycles. The Hall–Kier alpha value is -2.58. The first-order chi connectivity index (χ1) is 11.7. The van der Waals surface area contributed by atoms with Crippen molar-refractivity contribution in [3.05, 3.63) is 11.8 Å². The number of amides is 1. The van der Waals surface area contributed by atoms with Crippen molar-refractivity contribution in [2.75, 3.05) is 45.3 Å². The van der Waals surface area contributed by atoms with Crippen molar-refractivity contribution in [3.8, 4) is 5.88 Å². The molecular weight excluding hydrogens is 328 g/mol. The SMILES string of the molecule is COC(=O)c1cnc(N2CCN(C(=O)OC(C)(C)C)CC2)nc1OC. The van der Waals surface area contributed by atoms with E-state index in [1.54, 1.807) is 4.90 Å². The van der Waals surface area contributed by atoms with Gasteiger partial charge in [-0.1, -0.05) is 0 Å². The molecule has 138 valence electrons.